The minimum absolute atomic E-state index is 0.160. The summed E-state index contributed by atoms with van der Waals surface area (Å²) in [5.74, 6) is -0.755. The van der Waals surface area contributed by atoms with E-state index < -0.39 is 17.8 Å². The lowest BCUT2D eigenvalue weighted by Gasteiger charge is -2.15. The number of primary amides is 1. The summed E-state index contributed by atoms with van der Waals surface area (Å²) in [5, 5.41) is 18.8. The van der Waals surface area contributed by atoms with Crippen molar-refractivity contribution in [3.05, 3.63) is 53.5 Å². The molecule has 0 radical (unpaired) electrons. The van der Waals surface area contributed by atoms with Gasteiger partial charge in [0.25, 0.3) is 0 Å². The van der Waals surface area contributed by atoms with Crippen molar-refractivity contribution in [1.29, 1.82) is 5.26 Å². The number of benzene rings is 1. The molecule has 0 fully saturated rings. The molecular formula is C13H10FN5O. The maximum absolute atomic E-state index is 12.9. The summed E-state index contributed by atoms with van der Waals surface area (Å²) in [6.07, 6.45) is 0. The number of carbonyl (C=O) groups is 1. The second-order valence-corrected chi connectivity index (χ2v) is 3.95. The van der Waals surface area contributed by atoms with E-state index in [0.717, 1.165) is 0 Å². The van der Waals surface area contributed by atoms with E-state index >= 15 is 0 Å². The summed E-state index contributed by atoms with van der Waals surface area (Å²) in [6, 6.07) is 9.31. The highest BCUT2D eigenvalue weighted by atomic mass is 19.1. The van der Waals surface area contributed by atoms with Gasteiger partial charge in [0.05, 0.1) is 0 Å². The molecule has 0 bridgehead atoms. The van der Waals surface area contributed by atoms with Crippen LogP contribution in [0.3, 0.4) is 0 Å². The molecule has 1 heterocycles. The first-order chi connectivity index (χ1) is 9.60. The number of nitrogens with one attached hydrogen (secondary N) is 1. The Labute approximate surface area is 114 Å². The van der Waals surface area contributed by atoms with Crippen LogP contribution >= 0.6 is 0 Å². The number of hydrogen-bond acceptors (Lipinski definition) is 5. The Morgan fingerprint density at radius 2 is 1.95 bits per heavy atom. The monoisotopic (exact) mass is 271 g/mol. The molecule has 1 aromatic carbocycles. The van der Waals surface area contributed by atoms with Crippen LogP contribution in [0.4, 0.5) is 10.2 Å². The zero-order valence-corrected chi connectivity index (χ0v) is 10.2. The number of hydrogen-bond donors (Lipinski definition) is 2. The number of carbonyl (C=O) groups excluding carboxylic acids is 1. The van der Waals surface area contributed by atoms with E-state index in [1.807, 2.05) is 6.07 Å². The Kier molecular flexibility index (Phi) is 3.86. The molecule has 1 aromatic heterocycles. The van der Waals surface area contributed by atoms with E-state index in [1.54, 1.807) is 0 Å². The number of amides is 1. The molecule has 20 heavy (non-hydrogen) atoms. The first kappa shape index (κ1) is 13.4. The Balaban J connectivity index is 2.23. The number of nitrogens with two attached hydrogens (primary N) is 1. The van der Waals surface area contributed by atoms with Gasteiger partial charge in [0.15, 0.2) is 5.69 Å². The molecule has 6 nitrogen and oxygen atoms in total. The van der Waals surface area contributed by atoms with E-state index in [0.29, 0.717) is 5.56 Å². The number of rotatable bonds is 4. The summed E-state index contributed by atoms with van der Waals surface area (Å²) in [5.41, 5.74) is 5.98. The van der Waals surface area contributed by atoms with Crippen molar-refractivity contribution in [2.75, 3.05) is 5.32 Å². The molecular weight excluding hydrogens is 261 g/mol. The maximum Gasteiger partial charge on any atom is 0.244 e. The highest BCUT2D eigenvalue weighted by Gasteiger charge is 2.18. The van der Waals surface area contributed by atoms with Gasteiger partial charge in [-0.25, -0.2) is 4.39 Å². The largest absolute Gasteiger partial charge is 0.368 e. The number of nitrogens with zero attached hydrogens (tertiary/aromatic N) is 3. The average Bonchev–Trinajstić information content (AvgIpc) is 2.46. The van der Waals surface area contributed by atoms with Crippen LogP contribution in [0, 0.1) is 17.1 Å². The lowest BCUT2D eigenvalue weighted by atomic mass is 10.1. The van der Waals surface area contributed by atoms with Crippen LogP contribution in [0.1, 0.15) is 17.3 Å². The molecule has 1 amide bonds. The molecule has 0 aliphatic carbocycles. The van der Waals surface area contributed by atoms with Gasteiger partial charge in [-0.05, 0) is 29.8 Å². The van der Waals surface area contributed by atoms with Gasteiger partial charge in [-0.2, -0.15) is 5.26 Å². The Morgan fingerprint density at radius 1 is 1.25 bits per heavy atom. The van der Waals surface area contributed by atoms with Crippen LogP contribution in [0.2, 0.25) is 0 Å². The van der Waals surface area contributed by atoms with Gasteiger partial charge >= 0.3 is 0 Å². The van der Waals surface area contributed by atoms with Crippen molar-refractivity contribution in [3.63, 3.8) is 0 Å². The van der Waals surface area contributed by atoms with E-state index in [4.69, 9.17) is 11.0 Å². The third kappa shape index (κ3) is 3.05. The lowest BCUT2D eigenvalue weighted by molar-refractivity contribution is -0.118. The number of aromatic nitrogens is 2. The van der Waals surface area contributed by atoms with Crippen LogP contribution in [0.15, 0.2) is 36.4 Å². The predicted molar refractivity (Wildman–Crippen MR) is 68.7 cm³/mol. The van der Waals surface area contributed by atoms with Crippen LogP contribution in [-0.4, -0.2) is 16.1 Å². The molecule has 0 aliphatic rings. The molecule has 100 valence electrons. The third-order valence-electron chi connectivity index (χ3n) is 2.56. The van der Waals surface area contributed by atoms with Crippen molar-refractivity contribution in [1.82, 2.24) is 10.2 Å². The Morgan fingerprint density at radius 3 is 2.45 bits per heavy atom. The number of anilines is 1. The van der Waals surface area contributed by atoms with Crippen LogP contribution < -0.4 is 11.1 Å². The van der Waals surface area contributed by atoms with Crippen molar-refractivity contribution in [2.45, 2.75) is 6.04 Å². The predicted octanol–water partition coefficient (Wildman–Crippen LogP) is 1.13. The van der Waals surface area contributed by atoms with E-state index in [2.05, 4.69) is 15.5 Å². The molecule has 3 N–H and O–H groups in total. The molecule has 7 heteroatoms. The van der Waals surface area contributed by atoms with Crippen molar-refractivity contribution < 1.29 is 9.18 Å². The van der Waals surface area contributed by atoms with E-state index in [9.17, 15) is 9.18 Å². The summed E-state index contributed by atoms with van der Waals surface area (Å²) < 4.78 is 12.9. The molecule has 0 aliphatic heterocycles. The number of nitriles is 1. The smallest absolute Gasteiger partial charge is 0.244 e. The number of halogens is 1. The van der Waals surface area contributed by atoms with Gasteiger partial charge in [0, 0.05) is 0 Å². The molecule has 2 rings (SSSR count). The fourth-order valence-corrected chi connectivity index (χ4v) is 1.59. The molecule has 2 aromatic rings. The van der Waals surface area contributed by atoms with Crippen LogP contribution in [0.25, 0.3) is 0 Å². The quantitative estimate of drug-likeness (QED) is 0.867. The standard InChI is InChI=1S/C13H10FN5O/c14-9-3-1-8(2-4-9)12(13(16)20)17-11-6-5-10(7-15)18-19-11/h1-6,12H,(H2,16,20)(H,17,19). The fraction of sp³-hybridized carbons (Fsp3) is 0.0769. The molecule has 1 atom stereocenters. The summed E-state index contributed by atoms with van der Waals surface area (Å²) in [7, 11) is 0. The minimum Gasteiger partial charge on any atom is -0.368 e. The van der Waals surface area contributed by atoms with E-state index in [1.165, 1.54) is 36.4 Å². The normalized spacial score (nSPS) is 11.4. The van der Waals surface area contributed by atoms with Crippen molar-refractivity contribution in [2.24, 2.45) is 5.73 Å². The molecule has 0 saturated carbocycles. The highest BCUT2D eigenvalue weighted by Crippen LogP contribution is 2.18. The van der Waals surface area contributed by atoms with Crippen molar-refractivity contribution in [3.8, 4) is 6.07 Å². The maximum atomic E-state index is 12.9. The van der Waals surface area contributed by atoms with Gasteiger partial charge in [0.2, 0.25) is 5.91 Å². The van der Waals surface area contributed by atoms with Crippen LogP contribution in [0.5, 0.6) is 0 Å². The van der Waals surface area contributed by atoms with Gasteiger partial charge < -0.3 is 11.1 Å². The van der Waals surface area contributed by atoms with Crippen LogP contribution in [-0.2, 0) is 4.79 Å². The second-order valence-electron chi connectivity index (χ2n) is 3.95. The molecule has 0 saturated heterocycles. The second kappa shape index (κ2) is 5.75. The fourth-order valence-electron chi connectivity index (χ4n) is 1.59. The van der Waals surface area contributed by atoms with E-state index in [-0.39, 0.29) is 11.5 Å². The average molecular weight is 271 g/mol. The zero-order valence-electron chi connectivity index (χ0n) is 10.2. The first-order valence-electron chi connectivity index (χ1n) is 5.65. The topological polar surface area (TPSA) is 105 Å². The first-order valence-corrected chi connectivity index (χ1v) is 5.65. The van der Waals surface area contributed by atoms with Gasteiger partial charge in [-0.3, -0.25) is 4.79 Å². The Bertz CT molecular complexity index is 648. The van der Waals surface area contributed by atoms with Crippen molar-refractivity contribution >= 4 is 11.7 Å². The lowest BCUT2D eigenvalue weighted by Crippen LogP contribution is -2.28. The van der Waals surface area contributed by atoms with Gasteiger partial charge in [-0.15, -0.1) is 10.2 Å². The molecule has 0 spiro atoms. The third-order valence-corrected chi connectivity index (χ3v) is 2.56. The Hall–Kier alpha value is -3.01. The zero-order chi connectivity index (χ0) is 14.5. The van der Waals surface area contributed by atoms with Gasteiger partial charge in [-0.1, -0.05) is 12.1 Å². The molecule has 1 unspecified atom stereocenters. The summed E-state index contributed by atoms with van der Waals surface area (Å²) in [4.78, 5) is 11.5. The summed E-state index contributed by atoms with van der Waals surface area (Å²) in [6.45, 7) is 0. The summed E-state index contributed by atoms with van der Waals surface area (Å²) >= 11 is 0. The minimum atomic E-state index is -0.863. The highest BCUT2D eigenvalue weighted by molar-refractivity contribution is 5.84. The SMILES string of the molecule is N#Cc1ccc(NC(C(N)=O)c2ccc(F)cc2)nn1. The van der Waals surface area contributed by atoms with Gasteiger partial charge in [0.1, 0.15) is 23.7 Å².